The highest BCUT2D eigenvalue weighted by Gasteiger charge is 2.31. The lowest BCUT2D eigenvalue weighted by Gasteiger charge is -2.32. The first-order valence-electron chi connectivity index (χ1n) is 12.3. The number of pyridine rings is 1. The summed E-state index contributed by atoms with van der Waals surface area (Å²) in [6.45, 7) is 1.17. The molecular formula is C26H37ClN6O4. The number of nitrogens with one attached hydrogen (secondary N) is 2. The third kappa shape index (κ3) is 9.73. The molecule has 2 heterocycles. The molecule has 2 unspecified atom stereocenters. The van der Waals surface area contributed by atoms with Gasteiger partial charge in [0, 0.05) is 31.4 Å². The number of aliphatic hydroxyl groups is 1. The van der Waals surface area contributed by atoms with E-state index in [1.807, 2.05) is 48.5 Å². The molecule has 7 N–H and O–H groups in total. The molecule has 3 amide bonds. The number of carbonyl (C=O) groups is 3. The van der Waals surface area contributed by atoms with Gasteiger partial charge in [-0.1, -0.05) is 36.4 Å². The van der Waals surface area contributed by atoms with Crippen LogP contribution in [0, 0.1) is 0 Å². The molecular weight excluding hydrogens is 496 g/mol. The molecule has 1 saturated heterocycles. The Morgan fingerprint density at radius 2 is 1.89 bits per heavy atom. The van der Waals surface area contributed by atoms with Gasteiger partial charge in [0.05, 0.1) is 30.7 Å². The average Bonchev–Trinajstić information content (AvgIpc) is 3.41. The van der Waals surface area contributed by atoms with Gasteiger partial charge in [-0.15, -0.1) is 12.4 Å². The van der Waals surface area contributed by atoms with E-state index >= 15 is 0 Å². The Hall–Kier alpha value is -3.05. The molecule has 2 aromatic rings. The Morgan fingerprint density at radius 1 is 1.16 bits per heavy atom. The lowest BCUT2D eigenvalue weighted by atomic mass is 9.99. The molecule has 1 aliphatic heterocycles. The van der Waals surface area contributed by atoms with Crippen molar-refractivity contribution >= 4 is 30.1 Å². The predicted octanol–water partition coefficient (Wildman–Crippen LogP) is -0.0824. The summed E-state index contributed by atoms with van der Waals surface area (Å²) in [5.74, 6) is -1.36. The van der Waals surface area contributed by atoms with Crippen molar-refractivity contribution in [2.75, 3.05) is 19.6 Å². The van der Waals surface area contributed by atoms with Gasteiger partial charge >= 0.3 is 0 Å². The van der Waals surface area contributed by atoms with Crippen LogP contribution in [0.15, 0.2) is 54.7 Å². The quantitative estimate of drug-likeness (QED) is 0.241. The molecule has 10 nitrogen and oxygen atoms in total. The number of benzene rings is 1. The topological polar surface area (TPSA) is 164 Å². The Kier molecular flexibility index (Phi) is 12.4. The van der Waals surface area contributed by atoms with E-state index < -0.39 is 30.0 Å². The number of aliphatic hydroxyl groups excluding tert-OH is 1. The molecule has 0 aliphatic carbocycles. The molecule has 1 aliphatic rings. The van der Waals surface area contributed by atoms with Crippen LogP contribution in [0.3, 0.4) is 0 Å². The van der Waals surface area contributed by atoms with Gasteiger partial charge in [-0.2, -0.15) is 0 Å². The maximum atomic E-state index is 13.3. The number of amides is 3. The number of halogens is 1. The Labute approximate surface area is 223 Å². The number of nitrogens with two attached hydrogens (primary N) is 2. The summed E-state index contributed by atoms with van der Waals surface area (Å²) in [4.78, 5) is 43.2. The van der Waals surface area contributed by atoms with Crippen LogP contribution in [0.1, 0.15) is 30.5 Å². The SMILES string of the molecule is Cl.NC(=O)C[C@H](N)C(=O)NC(Cc1ccccc1)C(O)CN(CCc1ccccn1)C(=O)[C@@H]1CCCN1. The number of carbonyl (C=O) groups excluding carboxylic acids is 3. The number of hydrogen-bond donors (Lipinski definition) is 5. The molecule has 3 rings (SSSR count). The molecule has 0 saturated carbocycles. The summed E-state index contributed by atoms with van der Waals surface area (Å²) in [5, 5.41) is 17.3. The standard InChI is InChI=1S/C26H36N6O4.ClH/c27-20(16-24(28)34)25(35)31-22(15-18-7-2-1-3-8-18)23(33)17-32(26(36)21-10-6-13-30-21)14-11-19-9-4-5-12-29-19;/h1-5,7-9,12,20-23,30,33H,6,10-11,13-17,27H2,(H2,28,34)(H,31,35);1H/t20-,21-,22?,23?;/m0./s1. The number of primary amides is 1. The van der Waals surface area contributed by atoms with Crippen LogP contribution in [-0.2, 0) is 27.2 Å². The average molecular weight is 533 g/mol. The van der Waals surface area contributed by atoms with Crippen LogP contribution < -0.4 is 22.1 Å². The second kappa shape index (κ2) is 15.3. The van der Waals surface area contributed by atoms with E-state index in [0.29, 0.717) is 19.4 Å². The molecule has 37 heavy (non-hydrogen) atoms. The molecule has 0 bridgehead atoms. The highest BCUT2D eigenvalue weighted by atomic mass is 35.5. The molecule has 11 heteroatoms. The number of hydrogen-bond acceptors (Lipinski definition) is 7. The maximum Gasteiger partial charge on any atom is 0.239 e. The van der Waals surface area contributed by atoms with Crippen molar-refractivity contribution in [1.29, 1.82) is 0 Å². The summed E-state index contributed by atoms with van der Waals surface area (Å²) in [6.07, 6.45) is 2.83. The lowest BCUT2D eigenvalue weighted by Crippen LogP contribution is -2.55. The summed E-state index contributed by atoms with van der Waals surface area (Å²) >= 11 is 0. The van der Waals surface area contributed by atoms with E-state index in [0.717, 1.165) is 30.6 Å². The van der Waals surface area contributed by atoms with Crippen molar-refractivity contribution in [3.63, 3.8) is 0 Å². The molecule has 0 spiro atoms. The van der Waals surface area contributed by atoms with E-state index in [1.165, 1.54) is 0 Å². The molecule has 1 fully saturated rings. The van der Waals surface area contributed by atoms with Gasteiger partial charge in [0.15, 0.2) is 0 Å². The Balaban J connectivity index is 0.00000481. The summed E-state index contributed by atoms with van der Waals surface area (Å²) in [5.41, 5.74) is 12.8. The number of aromatic nitrogens is 1. The van der Waals surface area contributed by atoms with Crippen molar-refractivity contribution < 1.29 is 19.5 Å². The van der Waals surface area contributed by atoms with Crippen molar-refractivity contribution in [3.05, 3.63) is 66.0 Å². The molecule has 1 aromatic heterocycles. The minimum Gasteiger partial charge on any atom is -0.389 e. The first-order valence-corrected chi connectivity index (χ1v) is 12.3. The maximum absolute atomic E-state index is 13.3. The zero-order valence-corrected chi connectivity index (χ0v) is 21.6. The van der Waals surface area contributed by atoms with Crippen LogP contribution in [0.5, 0.6) is 0 Å². The fraction of sp³-hybridized carbons (Fsp3) is 0.462. The highest BCUT2D eigenvalue weighted by Crippen LogP contribution is 2.13. The van der Waals surface area contributed by atoms with Gasteiger partial charge in [0.25, 0.3) is 0 Å². The minimum absolute atomic E-state index is 0. The van der Waals surface area contributed by atoms with Gasteiger partial charge in [-0.3, -0.25) is 19.4 Å². The molecule has 0 radical (unpaired) electrons. The Bertz CT molecular complexity index is 991. The first-order chi connectivity index (χ1) is 17.3. The first kappa shape index (κ1) is 30.2. The second-order valence-electron chi connectivity index (χ2n) is 9.15. The van der Waals surface area contributed by atoms with Crippen LogP contribution in [-0.4, -0.2) is 76.6 Å². The van der Waals surface area contributed by atoms with Gasteiger partial charge in [-0.05, 0) is 43.5 Å². The van der Waals surface area contributed by atoms with Crippen molar-refractivity contribution in [2.24, 2.45) is 11.5 Å². The monoisotopic (exact) mass is 532 g/mol. The third-order valence-electron chi connectivity index (χ3n) is 6.29. The summed E-state index contributed by atoms with van der Waals surface area (Å²) < 4.78 is 0. The van der Waals surface area contributed by atoms with Crippen molar-refractivity contribution in [3.8, 4) is 0 Å². The zero-order valence-electron chi connectivity index (χ0n) is 20.8. The van der Waals surface area contributed by atoms with Crippen LogP contribution in [0.2, 0.25) is 0 Å². The van der Waals surface area contributed by atoms with Crippen molar-refractivity contribution in [2.45, 2.75) is 56.3 Å². The van der Waals surface area contributed by atoms with E-state index in [4.69, 9.17) is 11.5 Å². The van der Waals surface area contributed by atoms with Gasteiger partial charge < -0.3 is 32.1 Å². The molecule has 4 atom stereocenters. The normalized spacial score (nSPS) is 17.2. The summed E-state index contributed by atoms with van der Waals surface area (Å²) in [6, 6.07) is 12.9. The minimum atomic E-state index is -1.13. The predicted molar refractivity (Wildman–Crippen MR) is 143 cm³/mol. The van der Waals surface area contributed by atoms with Crippen LogP contribution in [0.25, 0.3) is 0 Å². The van der Waals surface area contributed by atoms with Crippen LogP contribution in [0.4, 0.5) is 0 Å². The van der Waals surface area contributed by atoms with Crippen molar-refractivity contribution in [1.82, 2.24) is 20.5 Å². The largest absolute Gasteiger partial charge is 0.389 e. The van der Waals surface area contributed by atoms with Crippen LogP contribution >= 0.6 is 12.4 Å². The molecule has 1 aromatic carbocycles. The van der Waals surface area contributed by atoms with Gasteiger partial charge in [-0.25, -0.2) is 0 Å². The zero-order chi connectivity index (χ0) is 25.9. The van der Waals surface area contributed by atoms with Gasteiger partial charge in [0.1, 0.15) is 0 Å². The summed E-state index contributed by atoms with van der Waals surface area (Å²) in [7, 11) is 0. The fourth-order valence-electron chi connectivity index (χ4n) is 4.31. The van der Waals surface area contributed by atoms with E-state index in [-0.39, 0.29) is 37.3 Å². The number of rotatable bonds is 13. The fourth-order valence-corrected chi connectivity index (χ4v) is 4.31. The van der Waals surface area contributed by atoms with E-state index in [1.54, 1.807) is 11.1 Å². The van der Waals surface area contributed by atoms with E-state index in [2.05, 4.69) is 15.6 Å². The number of nitrogens with zero attached hydrogens (tertiary/aromatic N) is 2. The third-order valence-corrected chi connectivity index (χ3v) is 6.29. The highest BCUT2D eigenvalue weighted by molar-refractivity contribution is 5.87. The van der Waals surface area contributed by atoms with E-state index in [9.17, 15) is 19.5 Å². The molecule has 202 valence electrons. The smallest absolute Gasteiger partial charge is 0.239 e. The Morgan fingerprint density at radius 3 is 2.51 bits per heavy atom. The van der Waals surface area contributed by atoms with Gasteiger partial charge in [0.2, 0.25) is 17.7 Å². The second-order valence-corrected chi connectivity index (χ2v) is 9.15. The lowest BCUT2D eigenvalue weighted by molar-refractivity contribution is -0.135.